The van der Waals surface area contributed by atoms with Crippen molar-refractivity contribution in [3.05, 3.63) is 33.8 Å². The van der Waals surface area contributed by atoms with Crippen molar-refractivity contribution in [2.24, 2.45) is 5.41 Å². The lowest BCUT2D eigenvalue weighted by atomic mass is 9.90. The van der Waals surface area contributed by atoms with Crippen LogP contribution in [0.2, 0.25) is 0 Å². The fourth-order valence-corrected chi connectivity index (χ4v) is 3.37. The molecule has 1 aromatic rings. The van der Waals surface area contributed by atoms with Crippen molar-refractivity contribution in [3.8, 4) is 0 Å². The molecule has 106 valence electrons. The van der Waals surface area contributed by atoms with Crippen LogP contribution in [0.25, 0.3) is 0 Å². The lowest BCUT2D eigenvalue weighted by Gasteiger charge is -2.22. The maximum Gasteiger partial charge on any atom is 0.251 e. The zero-order valence-electron chi connectivity index (χ0n) is 11.9. The summed E-state index contributed by atoms with van der Waals surface area (Å²) in [6.07, 6.45) is 1.02. The summed E-state index contributed by atoms with van der Waals surface area (Å²) in [6, 6.07) is 5.75. The first kappa shape index (κ1) is 16.7. The number of carbonyl (C=O) groups is 1. The van der Waals surface area contributed by atoms with Gasteiger partial charge in [0.15, 0.2) is 0 Å². The van der Waals surface area contributed by atoms with Crippen molar-refractivity contribution in [1.29, 1.82) is 0 Å². The second-order valence-electron chi connectivity index (χ2n) is 6.03. The predicted octanol–water partition coefficient (Wildman–Crippen LogP) is 4.69. The monoisotopic (exact) mass is 389 g/mol. The van der Waals surface area contributed by atoms with Gasteiger partial charge < -0.3 is 5.32 Å². The number of hydrogen-bond acceptors (Lipinski definition) is 1. The van der Waals surface area contributed by atoms with E-state index in [-0.39, 0.29) is 11.3 Å². The summed E-state index contributed by atoms with van der Waals surface area (Å²) >= 11 is 7.02. The standard InChI is InChI=1S/C15H21Br2NO/c1-10-5-6-11(16)7-13(10)14(19)18-9-12(17)8-15(2,3)4/h5-7,12H,8-9H2,1-4H3,(H,18,19). The molecular weight excluding hydrogens is 370 g/mol. The van der Waals surface area contributed by atoms with Crippen LogP contribution in [0, 0.1) is 12.3 Å². The minimum Gasteiger partial charge on any atom is -0.351 e. The molecule has 0 saturated heterocycles. The second kappa shape index (κ2) is 6.89. The van der Waals surface area contributed by atoms with Crippen molar-refractivity contribution in [2.75, 3.05) is 6.54 Å². The van der Waals surface area contributed by atoms with Gasteiger partial charge in [-0.3, -0.25) is 4.79 Å². The van der Waals surface area contributed by atoms with E-state index in [0.29, 0.717) is 11.4 Å². The quantitative estimate of drug-likeness (QED) is 0.742. The van der Waals surface area contributed by atoms with Crippen molar-refractivity contribution in [1.82, 2.24) is 5.32 Å². The molecular formula is C15H21Br2NO. The van der Waals surface area contributed by atoms with Crippen LogP contribution in [-0.4, -0.2) is 17.3 Å². The summed E-state index contributed by atoms with van der Waals surface area (Å²) in [7, 11) is 0. The molecule has 1 atom stereocenters. The maximum atomic E-state index is 12.1. The number of rotatable bonds is 4. The molecule has 0 saturated carbocycles. The predicted molar refractivity (Wildman–Crippen MR) is 88.0 cm³/mol. The van der Waals surface area contributed by atoms with Crippen LogP contribution < -0.4 is 5.32 Å². The van der Waals surface area contributed by atoms with Gasteiger partial charge in [-0.1, -0.05) is 58.7 Å². The molecule has 4 heteroatoms. The lowest BCUT2D eigenvalue weighted by Crippen LogP contribution is -2.31. The van der Waals surface area contributed by atoms with Crippen molar-refractivity contribution in [2.45, 2.75) is 38.9 Å². The van der Waals surface area contributed by atoms with Crippen LogP contribution in [-0.2, 0) is 0 Å². The third-order valence-electron chi connectivity index (χ3n) is 2.76. The van der Waals surface area contributed by atoms with Crippen LogP contribution in [0.4, 0.5) is 0 Å². The van der Waals surface area contributed by atoms with E-state index in [1.165, 1.54) is 0 Å². The average Bonchev–Trinajstić information content (AvgIpc) is 2.27. The Bertz CT molecular complexity index is 452. The lowest BCUT2D eigenvalue weighted by molar-refractivity contribution is 0.0952. The van der Waals surface area contributed by atoms with Gasteiger partial charge in [-0.2, -0.15) is 0 Å². The first-order chi connectivity index (χ1) is 8.69. The molecule has 1 amide bonds. The molecule has 19 heavy (non-hydrogen) atoms. The van der Waals surface area contributed by atoms with Gasteiger partial charge >= 0.3 is 0 Å². The molecule has 0 spiro atoms. The second-order valence-corrected chi connectivity index (χ2v) is 8.24. The van der Waals surface area contributed by atoms with Gasteiger partial charge in [-0.25, -0.2) is 0 Å². The molecule has 1 unspecified atom stereocenters. The molecule has 0 aliphatic rings. The Morgan fingerprint density at radius 3 is 2.58 bits per heavy atom. The summed E-state index contributed by atoms with van der Waals surface area (Å²) in [6.45, 7) is 9.18. The molecule has 1 aromatic carbocycles. The van der Waals surface area contributed by atoms with Gasteiger partial charge in [-0.15, -0.1) is 0 Å². The summed E-state index contributed by atoms with van der Waals surface area (Å²) < 4.78 is 0.924. The third-order valence-corrected chi connectivity index (χ3v) is 3.90. The minimum absolute atomic E-state index is 0.0165. The van der Waals surface area contributed by atoms with E-state index in [0.717, 1.165) is 22.0 Å². The zero-order valence-corrected chi connectivity index (χ0v) is 15.1. The number of halogens is 2. The highest BCUT2D eigenvalue weighted by atomic mass is 79.9. The van der Waals surface area contributed by atoms with Gasteiger partial charge in [0.2, 0.25) is 0 Å². The first-order valence-corrected chi connectivity index (χ1v) is 8.08. The zero-order chi connectivity index (χ0) is 14.6. The minimum atomic E-state index is -0.0165. The Balaban J connectivity index is 2.58. The molecule has 1 rings (SSSR count). The Morgan fingerprint density at radius 1 is 1.37 bits per heavy atom. The van der Waals surface area contributed by atoms with E-state index in [1.54, 1.807) is 0 Å². The van der Waals surface area contributed by atoms with E-state index in [9.17, 15) is 4.79 Å². The Morgan fingerprint density at radius 2 is 2.00 bits per heavy atom. The number of alkyl halides is 1. The van der Waals surface area contributed by atoms with E-state index in [1.807, 2.05) is 25.1 Å². The molecule has 2 nitrogen and oxygen atoms in total. The first-order valence-electron chi connectivity index (χ1n) is 6.37. The molecule has 0 aliphatic carbocycles. The summed E-state index contributed by atoms with van der Waals surface area (Å²) in [5.41, 5.74) is 1.97. The van der Waals surface area contributed by atoms with Crippen LogP contribution in [0.3, 0.4) is 0 Å². The van der Waals surface area contributed by atoms with Gasteiger partial charge in [0.1, 0.15) is 0 Å². The third kappa shape index (κ3) is 6.09. The summed E-state index contributed by atoms with van der Waals surface area (Å²) in [5, 5.41) is 2.98. The summed E-state index contributed by atoms with van der Waals surface area (Å²) in [5.74, 6) is -0.0165. The average molecular weight is 391 g/mol. The molecule has 0 aliphatic heterocycles. The van der Waals surface area contributed by atoms with E-state index in [2.05, 4.69) is 57.9 Å². The van der Waals surface area contributed by atoms with Gasteiger partial charge in [0, 0.05) is 21.4 Å². The van der Waals surface area contributed by atoms with E-state index >= 15 is 0 Å². The van der Waals surface area contributed by atoms with Crippen molar-refractivity contribution in [3.63, 3.8) is 0 Å². The highest BCUT2D eigenvalue weighted by Crippen LogP contribution is 2.24. The van der Waals surface area contributed by atoms with Crippen molar-refractivity contribution < 1.29 is 4.79 Å². The Hall–Kier alpha value is -0.350. The van der Waals surface area contributed by atoms with Crippen LogP contribution >= 0.6 is 31.9 Å². The Labute approximate surface area is 132 Å². The number of amides is 1. The topological polar surface area (TPSA) is 29.1 Å². The van der Waals surface area contributed by atoms with Crippen LogP contribution in [0.1, 0.15) is 43.1 Å². The number of hydrogen-bond donors (Lipinski definition) is 1. The normalized spacial score (nSPS) is 13.2. The highest BCUT2D eigenvalue weighted by Gasteiger charge is 2.17. The maximum absolute atomic E-state index is 12.1. The van der Waals surface area contributed by atoms with E-state index < -0.39 is 0 Å². The fourth-order valence-electron chi connectivity index (χ4n) is 1.87. The fraction of sp³-hybridized carbons (Fsp3) is 0.533. The summed E-state index contributed by atoms with van der Waals surface area (Å²) in [4.78, 5) is 12.4. The van der Waals surface area contributed by atoms with E-state index in [4.69, 9.17) is 0 Å². The van der Waals surface area contributed by atoms with Gasteiger partial charge in [0.05, 0.1) is 0 Å². The number of nitrogens with one attached hydrogen (secondary N) is 1. The number of aryl methyl sites for hydroxylation is 1. The molecule has 0 radical (unpaired) electrons. The molecule has 1 N–H and O–H groups in total. The SMILES string of the molecule is Cc1ccc(Br)cc1C(=O)NCC(Br)CC(C)(C)C. The molecule has 0 fully saturated rings. The number of benzene rings is 1. The molecule has 0 bridgehead atoms. The van der Waals surface area contributed by atoms with Crippen LogP contribution in [0.5, 0.6) is 0 Å². The van der Waals surface area contributed by atoms with Gasteiger partial charge in [0.25, 0.3) is 5.91 Å². The van der Waals surface area contributed by atoms with Gasteiger partial charge in [-0.05, 0) is 36.5 Å². The largest absolute Gasteiger partial charge is 0.351 e. The Kier molecular flexibility index (Phi) is 6.06. The van der Waals surface area contributed by atoms with Crippen molar-refractivity contribution >= 4 is 37.8 Å². The molecule has 0 aromatic heterocycles. The molecule has 0 heterocycles. The number of carbonyl (C=O) groups excluding carboxylic acids is 1. The highest BCUT2D eigenvalue weighted by molar-refractivity contribution is 9.10. The van der Waals surface area contributed by atoms with Crippen LogP contribution in [0.15, 0.2) is 22.7 Å². The smallest absolute Gasteiger partial charge is 0.251 e.